The van der Waals surface area contributed by atoms with Gasteiger partial charge < -0.3 is 0 Å². The van der Waals surface area contributed by atoms with E-state index in [1.165, 1.54) is 20.2 Å². The quantitative estimate of drug-likeness (QED) is 0.483. The van der Waals surface area contributed by atoms with E-state index < -0.39 is 0 Å². The Morgan fingerprint density at radius 1 is 0.778 bits per heavy atom. The monoisotopic (exact) mass is 312 g/mol. The Labute approximate surface area is 125 Å². The van der Waals surface area contributed by atoms with Crippen LogP contribution in [-0.2, 0) is 0 Å². The average molecular weight is 313 g/mol. The lowest BCUT2D eigenvalue weighted by atomic mass is 10.1. The first-order valence-corrected chi connectivity index (χ1v) is 7.91. The summed E-state index contributed by atoms with van der Waals surface area (Å²) in [5.74, 6) is 0. The minimum atomic E-state index is 0.681. The van der Waals surface area contributed by atoms with Crippen LogP contribution in [0.3, 0.4) is 0 Å². The van der Waals surface area contributed by atoms with Gasteiger partial charge in [0.1, 0.15) is 0 Å². The van der Waals surface area contributed by atoms with Gasteiger partial charge in [0.15, 0.2) is 0 Å². The Hall–Kier alpha value is -0.280. The highest BCUT2D eigenvalue weighted by Gasteiger charge is 2.24. The van der Waals surface area contributed by atoms with Crippen LogP contribution in [-0.4, -0.2) is 0 Å². The topological polar surface area (TPSA) is 0 Å². The molecule has 0 amide bonds. The van der Waals surface area contributed by atoms with Crippen molar-refractivity contribution in [1.82, 2.24) is 0 Å². The first-order chi connectivity index (χ1) is 8.59. The van der Waals surface area contributed by atoms with Gasteiger partial charge in [-0.2, -0.15) is 0 Å². The molecule has 2 aromatic rings. The van der Waals surface area contributed by atoms with Gasteiger partial charge in [-0.1, -0.05) is 58.9 Å². The SMILES string of the molecule is Cc1c(C)c2c(c(Cl)c1Cl)Sc1ccccc1S2. The van der Waals surface area contributed by atoms with E-state index >= 15 is 0 Å². The van der Waals surface area contributed by atoms with Gasteiger partial charge in [-0.3, -0.25) is 0 Å². The summed E-state index contributed by atoms with van der Waals surface area (Å²) in [5, 5.41) is 1.36. The lowest BCUT2D eigenvalue weighted by molar-refractivity contribution is 1.09. The van der Waals surface area contributed by atoms with Gasteiger partial charge in [0.25, 0.3) is 0 Å². The molecule has 0 aromatic heterocycles. The second-order valence-electron chi connectivity index (χ2n) is 4.19. The summed E-state index contributed by atoms with van der Waals surface area (Å²) in [7, 11) is 0. The zero-order valence-corrected chi connectivity index (χ0v) is 13.0. The number of fused-ring (bicyclic) bond motifs is 2. The molecule has 92 valence electrons. The van der Waals surface area contributed by atoms with Gasteiger partial charge in [-0.25, -0.2) is 0 Å². The van der Waals surface area contributed by atoms with Crippen LogP contribution < -0.4 is 0 Å². The van der Waals surface area contributed by atoms with Crippen molar-refractivity contribution in [3.8, 4) is 0 Å². The highest BCUT2D eigenvalue weighted by atomic mass is 35.5. The largest absolute Gasteiger partial charge is 0.0874 e. The predicted molar refractivity (Wildman–Crippen MR) is 80.6 cm³/mol. The molecule has 0 spiro atoms. The fraction of sp³-hybridized carbons (Fsp3) is 0.143. The Morgan fingerprint density at radius 3 is 1.94 bits per heavy atom. The molecule has 0 unspecified atom stereocenters. The number of rotatable bonds is 0. The van der Waals surface area contributed by atoms with Crippen LogP contribution in [0.2, 0.25) is 10.0 Å². The van der Waals surface area contributed by atoms with E-state index in [0.717, 1.165) is 10.5 Å². The van der Waals surface area contributed by atoms with Crippen LogP contribution in [0.15, 0.2) is 43.8 Å². The van der Waals surface area contributed by atoms with Gasteiger partial charge in [0.2, 0.25) is 0 Å². The van der Waals surface area contributed by atoms with E-state index in [1.54, 1.807) is 23.5 Å². The lowest BCUT2D eigenvalue weighted by Crippen LogP contribution is -1.96. The molecular weight excluding hydrogens is 303 g/mol. The Balaban J connectivity index is 2.25. The van der Waals surface area contributed by atoms with Crippen LogP contribution in [0.25, 0.3) is 0 Å². The zero-order chi connectivity index (χ0) is 12.9. The van der Waals surface area contributed by atoms with Crippen LogP contribution in [0.5, 0.6) is 0 Å². The molecule has 0 radical (unpaired) electrons. The highest BCUT2D eigenvalue weighted by Crippen LogP contribution is 2.54. The maximum atomic E-state index is 6.39. The molecule has 2 aromatic carbocycles. The van der Waals surface area contributed by atoms with Gasteiger partial charge in [-0.05, 0) is 37.1 Å². The molecule has 0 saturated heterocycles. The van der Waals surface area contributed by atoms with Crippen molar-refractivity contribution >= 4 is 46.7 Å². The van der Waals surface area contributed by atoms with Gasteiger partial charge in [-0.15, -0.1) is 0 Å². The molecule has 4 heteroatoms. The maximum Gasteiger partial charge on any atom is 0.0746 e. The van der Waals surface area contributed by atoms with Crippen molar-refractivity contribution in [2.24, 2.45) is 0 Å². The number of benzene rings is 2. The zero-order valence-electron chi connectivity index (χ0n) is 9.88. The predicted octanol–water partition coefficient (Wildman–Crippen LogP) is 6.23. The molecular formula is C14H10Cl2S2. The van der Waals surface area contributed by atoms with Gasteiger partial charge in [0, 0.05) is 19.6 Å². The van der Waals surface area contributed by atoms with E-state index in [2.05, 4.69) is 25.1 Å². The fourth-order valence-corrected chi connectivity index (χ4v) is 5.13. The summed E-state index contributed by atoms with van der Waals surface area (Å²) in [6.45, 7) is 4.13. The van der Waals surface area contributed by atoms with E-state index in [-0.39, 0.29) is 0 Å². The summed E-state index contributed by atoms with van der Waals surface area (Å²) >= 11 is 16.2. The highest BCUT2D eigenvalue weighted by molar-refractivity contribution is 8.05. The van der Waals surface area contributed by atoms with Crippen molar-refractivity contribution < 1.29 is 0 Å². The Bertz CT molecular complexity index is 595. The van der Waals surface area contributed by atoms with Crippen molar-refractivity contribution in [1.29, 1.82) is 0 Å². The molecule has 0 bridgehead atoms. The summed E-state index contributed by atoms with van der Waals surface area (Å²) in [6.07, 6.45) is 0. The van der Waals surface area contributed by atoms with E-state index in [9.17, 15) is 0 Å². The molecule has 1 aliphatic heterocycles. The molecule has 0 atom stereocenters. The average Bonchev–Trinajstić information content (AvgIpc) is 2.41. The Morgan fingerprint density at radius 2 is 1.33 bits per heavy atom. The second kappa shape index (κ2) is 4.68. The maximum absolute atomic E-state index is 6.39. The lowest BCUT2D eigenvalue weighted by Gasteiger charge is -2.23. The summed E-state index contributed by atoms with van der Waals surface area (Å²) in [5.41, 5.74) is 2.30. The van der Waals surface area contributed by atoms with Gasteiger partial charge >= 0.3 is 0 Å². The summed E-state index contributed by atoms with van der Waals surface area (Å²) in [6, 6.07) is 8.38. The summed E-state index contributed by atoms with van der Waals surface area (Å²) < 4.78 is 0. The van der Waals surface area contributed by atoms with Crippen LogP contribution in [0.4, 0.5) is 0 Å². The first-order valence-electron chi connectivity index (χ1n) is 5.52. The summed E-state index contributed by atoms with van der Waals surface area (Å²) in [4.78, 5) is 4.87. The molecule has 3 rings (SSSR count). The molecule has 0 saturated carbocycles. The van der Waals surface area contributed by atoms with Crippen molar-refractivity contribution in [2.45, 2.75) is 33.4 Å². The molecule has 0 aliphatic carbocycles. The van der Waals surface area contributed by atoms with E-state index in [0.29, 0.717) is 10.0 Å². The minimum Gasteiger partial charge on any atom is -0.0874 e. The molecule has 0 N–H and O–H groups in total. The van der Waals surface area contributed by atoms with Crippen molar-refractivity contribution in [3.05, 3.63) is 45.4 Å². The van der Waals surface area contributed by atoms with E-state index in [1.807, 2.05) is 13.0 Å². The fourth-order valence-electron chi connectivity index (χ4n) is 1.92. The molecule has 1 heterocycles. The first kappa shape index (κ1) is 12.7. The van der Waals surface area contributed by atoms with Crippen LogP contribution in [0.1, 0.15) is 11.1 Å². The minimum absolute atomic E-state index is 0.681. The third-order valence-corrected chi connectivity index (χ3v) is 6.90. The smallest absolute Gasteiger partial charge is 0.0746 e. The third-order valence-electron chi connectivity index (χ3n) is 3.10. The van der Waals surface area contributed by atoms with E-state index in [4.69, 9.17) is 23.2 Å². The van der Waals surface area contributed by atoms with Gasteiger partial charge in [0.05, 0.1) is 10.0 Å². The number of hydrogen-bond donors (Lipinski definition) is 0. The molecule has 0 nitrogen and oxygen atoms in total. The molecule has 18 heavy (non-hydrogen) atoms. The van der Waals surface area contributed by atoms with Crippen molar-refractivity contribution in [2.75, 3.05) is 0 Å². The van der Waals surface area contributed by atoms with Crippen LogP contribution in [0, 0.1) is 13.8 Å². The molecule has 0 fully saturated rings. The third kappa shape index (κ3) is 1.87. The normalized spacial score (nSPS) is 13.1. The second-order valence-corrected chi connectivity index (χ2v) is 7.05. The Kier molecular flexibility index (Phi) is 3.31. The standard InChI is InChI=1S/C14H10Cl2S2/c1-7-8(2)13-14(12(16)11(7)15)18-10-6-4-3-5-9(10)17-13/h3-6H,1-2H3. The van der Waals surface area contributed by atoms with Crippen molar-refractivity contribution in [3.63, 3.8) is 0 Å². The van der Waals surface area contributed by atoms with Crippen LogP contribution >= 0.6 is 46.7 Å². The molecule has 1 aliphatic rings. The number of halogens is 2. The number of hydrogen-bond acceptors (Lipinski definition) is 2.